The van der Waals surface area contributed by atoms with Gasteiger partial charge < -0.3 is 0 Å². The largest absolute Gasteiger partial charge is 0.280 e. The monoisotopic (exact) mass is 282 g/mol. The molecule has 0 saturated heterocycles. The predicted molar refractivity (Wildman–Crippen MR) is 63.8 cm³/mol. The first-order valence-corrected chi connectivity index (χ1v) is 7.11. The van der Waals surface area contributed by atoms with Gasteiger partial charge in [-0.3, -0.25) is 4.98 Å². The Morgan fingerprint density at radius 2 is 2.00 bits per heavy atom. The first kappa shape index (κ1) is 12.5. The summed E-state index contributed by atoms with van der Waals surface area (Å²) in [5.41, 5.74) is 0.712. The lowest BCUT2D eigenvalue weighted by atomic mass is 10.3. The van der Waals surface area contributed by atoms with E-state index in [0.29, 0.717) is 11.4 Å². The summed E-state index contributed by atoms with van der Waals surface area (Å²) in [6.07, 6.45) is 2.98. The van der Waals surface area contributed by atoms with Crippen LogP contribution in [-0.4, -0.2) is 23.2 Å². The van der Waals surface area contributed by atoms with Gasteiger partial charge in [-0.1, -0.05) is 0 Å². The average Bonchev–Trinajstić information content (AvgIpc) is 2.67. The summed E-state index contributed by atoms with van der Waals surface area (Å²) < 4.78 is 24.2. The van der Waals surface area contributed by atoms with Crippen LogP contribution in [0, 0.1) is 18.3 Å². The van der Waals surface area contributed by atoms with E-state index in [1.807, 2.05) is 0 Å². The molecule has 2 rings (SSSR count). The zero-order valence-electron chi connectivity index (χ0n) is 9.20. The molecule has 0 aliphatic carbocycles. The Balaban J connectivity index is 2.83. The molecule has 0 unspecified atom stereocenters. The summed E-state index contributed by atoms with van der Waals surface area (Å²) in [7, 11) is 1.28. The molecular weight excluding hydrogens is 276 g/mol. The van der Waals surface area contributed by atoms with E-state index in [9.17, 15) is 8.42 Å². The van der Waals surface area contributed by atoms with Crippen molar-refractivity contribution in [2.75, 3.05) is 0 Å². The van der Waals surface area contributed by atoms with Crippen LogP contribution in [0.3, 0.4) is 0 Å². The van der Waals surface area contributed by atoms with Gasteiger partial charge in [0.05, 0.1) is 11.4 Å². The number of aryl methyl sites for hydroxylation is 1. The van der Waals surface area contributed by atoms with Gasteiger partial charge in [0.15, 0.2) is 5.03 Å². The zero-order chi connectivity index (χ0) is 13.3. The molecule has 0 aromatic carbocycles. The molecule has 92 valence electrons. The van der Waals surface area contributed by atoms with Gasteiger partial charge in [0.2, 0.25) is 0 Å². The number of halogens is 1. The van der Waals surface area contributed by atoms with Gasteiger partial charge in [-0.05, 0) is 19.1 Å². The molecular formula is C10H7ClN4O2S. The van der Waals surface area contributed by atoms with Crippen molar-refractivity contribution in [3.8, 4) is 11.8 Å². The Kier molecular flexibility index (Phi) is 3.07. The lowest BCUT2D eigenvalue weighted by Gasteiger charge is -2.03. The van der Waals surface area contributed by atoms with E-state index in [-0.39, 0.29) is 10.6 Å². The van der Waals surface area contributed by atoms with E-state index in [1.165, 1.54) is 12.4 Å². The molecule has 0 N–H and O–H groups in total. The fraction of sp³-hybridized carbons (Fsp3) is 0.100. The average molecular weight is 283 g/mol. The molecule has 0 aliphatic rings. The predicted octanol–water partition coefficient (Wildman–Crippen LogP) is 1.37. The van der Waals surface area contributed by atoms with Crippen LogP contribution in [0.2, 0.25) is 0 Å². The highest BCUT2D eigenvalue weighted by Gasteiger charge is 2.26. The first-order valence-electron chi connectivity index (χ1n) is 4.80. The van der Waals surface area contributed by atoms with Crippen molar-refractivity contribution in [1.82, 2.24) is 14.8 Å². The molecule has 0 atom stereocenters. The molecule has 0 amide bonds. The molecule has 0 bridgehead atoms. The normalized spacial score (nSPS) is 11.2. The van der Waals surface area contributed by atoms with Gasteiger partial charge in [-0.2, -0.15) is 10.4 Å². The standard InChI is InChI=1S/C10H7ClN4O2S/c1-7-9(6-12)10(18(11,16)17)15(14-7)8-2-4-13-5-3-8/h2-5H,1H3. The van der Waals surface area contributed by atoms with E-state index in [2.05, 4.69) is 10.1 Å². The van der Waals surface area contributed by atoms with Gasteiger partial charge in [0.1, 0.15) is 11.6 Å². The highest BCUT2D eigenvalue weighted by Crippen LogP contribution is 2.25. The van der Waals surface area contributed by atoms with Crippen LogP contribution in [-0.2, 0) is 9.05 Å². The summed E-state index contributed by atoms with van der Waals surface area (Å²) in [5, 5.41) is 12.7. The smallest absolute Gasteiger partial charge is 0.265 e. The molecule has 0 aliphatic heterocycles. The number of nitrogens with zero attached hydrogens (tertiary/aromatic N) is 4. The lowest BCUT2D eigenvalue weighted by Crippen LogP contribution is -2.05. The maximum absolute atomic E-state index is 11.6. The maximum Gasteiger partial charge on any atom is 0.280 e. The third-order valence-electron chi connectivity index (χ3n) is 2.27. The van der Waals surface area contributed by atoms with Crippen molar-refractivity contribution in [3.63, 3.8) is 0 Å². The minimum Gasteiger partial charge on any atom is -0.265 e. The van der Waals surface area contributed by atoms with Crippen molar-refractivity contribution in [3.05, 3.63) is 35.8 Å². The van der Waals surface area contributed by atoms with E-state index in [0.717, 1.165) is 4.68 Å². The van der Waals surface area contributed by atoms with Crippen LogP contribution in [0.15, 0.2) is 29.6 Å². The second-order valence-corrected chi connectivity index (χ2v) is 5.91. The van der Waals surface area contributed by atoms with Crippen molar-refractivity contribution in [2.45, 2.75) is 11.9 Å². The number of pyridine rings is 1. The summed E-state index contributed by atoms with van der Waals surface area (Å²) in [5.74, 6) is 0. The van der Waals surface area contributed by atoms with Crippen LogP contribution in [0.25, 0.3) is 5.69 Å². The van der Waals surface area contributed by atoms with Gasteiger partial charge in [0, 0.05) is 23.1 Å². The summed E-state index contributed by atoms with van der Waals surface area (Å²) in [6, 6.07) is 4.94. The minimum absolute atomic E-state index is 0.0539. The minimum atomic E-state index is -4.07. The van der Waals surface area contributed by atoms with E-state index >= 15 is 0 Å². The first-order chi connectivity index (χ1) is 8.45. The number of aromatic nitrogens is 3. The number of nitriles is 1. The van der Waals surface area contributed by atoms with E-state index < -0.39 is 9.05 Å². The van der Waals surface area contributed by atoms with E-state index in [1.54, 1.807) is 25.1 Å². The zero-order valence-corrected chi connectivity index (χ0v) is 10.8. The van der Waals surface area contributed by atoms with Gasteiger partial charge in [-0.15, -0.1) is 0 Å². The van der Waals surface area contributed by atoms with E-state index in [4.69, 9.17) is 15.9 Å². The van der Waals surface area contributed by atoms with Gasteiger partial charge in [-0.25, -0.2) is 13.1 Å². The quantitative estimate of drug-likeness (QED) is 0.776. The van der Waals surface area contributed by atoms with Crippen LogP contribution < -0.4 is 0 Å². The second kappa shape index (κ2) is 4.40. The molecule has 2 heterocycles. The van der Waals surface area contributed by atoms with Crippen molar-refractivity contribution in [2.24, 2.45) is 0 Å². The Labute approximate surface area is 108 Å². The Morgan fingerprint density at radius 3 is 2.50 bits per heavy atom. The fourth-order valence-corrected chi connectivity index (χ4v) is 2.74. The second-order valence-electron chi connectivity index (χ2n) is 3.43. The van der Waals surface area contributed by atoms with Crippen molar-refractivity contribution >= 4 is 19.7 Å². The summed E-state index contributed by atoms with van der Waals surface area (Å²) >= 11 is 0. The molecule has 0 radical (unpaired) electrons. The molecule has 8 heteroatoms. The van der Waals surface area contributed by atoms with Crippen LogP contribution in [0.5, 0.6) is 0 Å². The SMILES string of the molecule is Cc1nn(-c2ccncc2)c(S(=O)(=O)Cl)c1C#N. The Morgan fingerprint density at radius 1 is 1.39 bits per heavy atom. The molecule has 0 spiro atoms. The molecule has 0 saturated carbocycles. The van der Waals surface area contributed by atoms with Crippen molar-refractivity contribution < 1.29 is 8.42 Å². The third-order valence-corrected chi connectivity index (χ3v) is 3.55. The van der Waals surface area contributed by atoms with Gasteiger partial charge in [0.25, 0.3) is 9.05 Å². The number of hydrogen-bond donors (Lipinski definition) is 0. The fourth-order valence-electron chi connectivity index (χ4n) is 1.52. The van der Waals surface area contributed by atoms with Crippen LogP contribution in [0.4, 0.5) is 0 Å². The Bertz CT molecular complexity index is 731. The summed E-state index contributed by atoms with van der Waals surface area (Å²) in [6.45, 7) is 1.54. The topological polar surface area (TPSA) is 88.6 Å². The number of hydrogen-bond acceptors (Lipinski definition) is 5. The Hall–Kier alpha value is -1.91. The highest BCUT2D eigenvalue weighted by molar-refractivity contribution is 8.13. The van der Waals surface area contributed by atoms with Crippen molar-refractivity contribution in [1.29, 1.82) is 5.26 Å². The molecule has 0 fully saturated rings. The third kappa shape index (κ3) is 2.08. The molecule has 6 nitrogen and oxygen atoms in total. The molecule has 2 aromatic rings. The summed E-state index contributed by atoms with van der Waals surface area (Å²) in [4.78, 5) is 3.82. The molecule has 2 aromatic heterocycles. The lowest BCUT2D eigenvalue weighted by molar-refractivity contribution is 0.599. The van der Waals surface area contributed by atoms with Crippen LogP contribution >= 0.6 is 10.7 Å². The molecule has 18 heavy (non-hydrogen) atoms. The number of rotatable bonds is 2. The van der Waals surface area contributed by atoms with Gasteiger partial charge >= 0.3 is 0 Å². The highest BCUT2D eigenvalue weighted by atomic mass is 35.7. The van der Waals surface area contributed by atoms with Crippen LogP contribution in [0.1, 0.15) is 11.3 Å². The maximum atomic E-state index is 11.6.